The second kappa shape index (κ2) is 6.93. The monoisotopic (exact) mass is 327 g/mol. The first-order valence-electron chi connectivity index (χ1n) is 8.05. The zero-order valence-corrected chi connectivity index (χ0v) is 14.2. The van der Waals surface area contributed by atoms with Crippen LogP contribution in [0.15, 0.2) is 28.7 Å². The Labute approximate surface area is 141 Å². The van der Waals surface area contributed by atoms with Gasteiger partial charge in [-0.2, -0.15) is 10.2 Å². The van der Waals surface area contributed by atoms with Gasteiger partial charge in [-0.1, -0.05) is 18.2 Å². The quantitative estimate of drug-likeness (QED) is 0.859. The second-order valence-corrected chi connectivity index (χ2v) is 6.09. The molecular formula is C18H21N3O3. The number of rotatable bonds is 4. The van der Waals surface area contributed by atoms with Crippen LogP contribution in [0.2, 0.25) is 0 Å². The van der Waals surface area contributed by atoms with Crippen LogP contribution in [-0.2, 0) is 11.3 Å². The second-order valence-electron chi connectivity index (χ2n) is 6.09. The molecule has 6 heteroatoms. The smallest absolute Gasteiger partial charge is 0.236 e. The molecule has 0 bridgehead atoms. The van der Waals surface area contributed by atoms with Gasteiger partial charge in [0, 0.05) is 13.1 Å². The fourth-order valence-corrected chi connectivity index (χ4v) is 2.91. The van der Waals surface area contributed by atoms with Crippen LogP contribution < -0.4 is 9.64 Å². The summed E-state index contributed by atoms with van der Waals surface area (Å²) in [4.78, 5) is 6.28. The Kier molecular flexibility index (Phi) is 4.72. The summed E-state index contributed by atoms with van der Waals surface area (Å²) < 4.78 is 17.3. The minimum atomic E-state index is 0.0806. The van der Waals surface area contributed by atoms with Crippen molar-refractivity contribution in [3.63, 3.8) is 0 Å². The molecule has 2 heterocycles. The number of aromatic nitrogens is 1. The first-order chi connectivity index (χ1) is 11.6. The number of nitrogens with zero attached hydrogens (tertiary/aromatic N) is 3. The summed E-state index contributed by atoms with van der Waals surface area (Å²) in [6.45, 7) is 7.53. The zero-order valence-electron chi connectivity index (χ0n) is 14.2. The van der Waals surface area contributed by atoms with E-state index in [0.717, 1.165) is 11.3 Å². The van der Waals surface area contributed by atoms with Crippen molar-refractivity contribution in [1.82, 2.24) is 4.98 Å². The van der Waals surface area contributed by atoms with Crippen molar-refractivity contribution >= 4 is 5.88 Å². The van der Waals surface area contributed by atoms with Gasteiger partial charge in [0.15, 0.2) is 6.61 Å². The molecule has 1 fully saturated rings. The minimum Gasteiger partial charge on any atom is -0.484 e. The van der Waals surface area contributed by atoms with Crippen LogP contribution in [0.5, 0.6) is 5.75 Å². The third kappa shape index (κ3) is 3.52. The van der Waals surface area contributed by atoms with E-state index in [9.17, 15) is 5.26 Å². The van der Waals surface area contributed by atoms with E-state index in [-0.39, 0.29) is 18.8 Å². The van der Waals surface area contributed by atoms with Gasteiger partial charge in [-0.25, -0.2) is 0 Å². The molecule has 126 valence electrons. The fraction of sp³-hybridized carbons (Fsp3) is 0.444. The zero-order chi connectivity index (χ0) is 17.1. The average molecular weight is 327 g/mol. The maximum Gasteiger partial charge on any atom is 0.236 e. The number of aryl methyl sites for hydroxylation is 1. The van der Waals surface area contributed by atoms with Gasteiger partial charge in [0.05, 0.1) is 12.2 Å². The number of morpholine rings is 1. The van der Waals surface area contributed by atoms with Crippen LogP contribution >= 0.6 is 0 Å². The van der Waals surface area contributed by atoms with E-state index in [1.54, 1.807) is 0 Å². The number of oxazole rings is 1. The molecule has 0 aliphatic carbocycles. The largest absolute Gasteiger partial charge is 0.484 e. The Morgan fingerprint density at radius 2 is 2.00 bits per heavy atom. The van der Waals surface area contributed by atoms with Crippen molar-refractivity contribution in [3.05, 3.63) is 41.4 Å². The lowest BCUT2D eigenvalue weighted by atomic mass is 10.2. The van der Waals surface area contributed by atoms with E-state index in [0.29, 0.717) is 30.6 Å². The minimum absolute atomic E-state index is 0.0806. The van der Waals surface area contributed by atoms with Crippen LogP contribution in [0.25, 0.3) is 0 Å². The summed E-state index contributed by atoms with van der Waals surface area (Å²) in [6.07, 6.45) is 0.161. The lowest BCUT2D eigenvalue weighted by molar-refractivity contribution is -0.00651. The van der Waals surface area contributed by atoms with Crippen molar-refractivity contribution < 1.29 is 13.9 Å². The molecule has 1 saturated heterocycles. The van der Waals surface area contributed by atoms with Gasteiger partial charge < -0.3 is 18.8 Å². The van der Waals surface area contributed by atoms with Crippen molar-refractivity contribution in [1.29, 1.82) is 5.26 Å². The first kappa shape index (κ1) is 16.3. The highest BCUT2D eigenvalue weighted by atomic mass is 16.5. The van der Waals surface area contributed by atoms with E-state index in [1.165, 1.54) is 0 Å². The molecule has 0 unspecified atom stereocenters. The third-order valence-electron chi connectivity index (χ3n) is 3.91. The molecule has 1 aromatic carbocycles. The number of nitriles is 1. The summed E-state index contributed by atoms with van der Waals surface area (Å²) in [5.41, 5.74) is 1.33. The van der Waals surface area contributed by atoms with E-state index >= 15 is 0 Å². The molecule has 0 radical (unpaired) electrons. The number of anilines is 1. The number of hydrogen-bond donors (Lipinski definition) is 0. The van der Waals surface area contributed by atoms with Crippen molar-refractivity contribution in [3.8, 4) is 11.8 Å². The maximum atomic E-state index is 9.35. The lowest BCUT2D eigenvalue weighted by Gasteiger charge is -2.34. The van der Waals surface area contributed by atoms with Gasteiger partial charge in [-0.05, 0) is 32.4 Å². The van der Waals surface area contributed by atoms with E-state index in [4.69, 9.17) is 13.9 Å². The Balaban J connectivity index is 1.76. The highest BCUT2D eigenvalue weighted by Crippen LogP contribution is 2.26. The van der Waals surface area contributed by atoms with Gasteiger partial charge in [0.1, 0.15) is 11.8 Å². The molecule has 1 aromatic heterocycles. The topological polar surface area (TPSA) is 71.5 Å². The summed E-state index contributed by atoms with van der Waals surface area (Å²) in [5, 5.41) is 9.35. The molecule has 2 aromatic rings. The van der Waals surface area contributed by atoms with Crippen LogP contribution in [0, 0.1) is 18.3 Å². The molecule has 0 saturated carbocycles. The molecule has 0 amide bonds. The molecule has 2 atom stereocenters. The summed E-state index contributed by atoms with van der Waals surface area (Å²) >= 11 is 0. The predicted octanol–water partition coefficient (Wildman–Crippen LogP) is 3.05. The lowest BCUT2D eigenvalue weighted by Crippen LogP contribution is -2.45. The molecule has 3 rings (SSSR count). The standard InChI is InChI=1S/C18H21N3O3/c1-12-6-4-5-7-16(12)22-11-17-20-15(8-19)18(24-17)21-9-13(2)23-14(3)10-21/h4-7,13-14H,9-11H2,1-3H3/t13-,14+. The van der Waals surface area contributed by atoms with Crippen molar-refractivity contribution in [2.75, 3.05) is 18.0 Å². The highest BCUT2D eigenvalue weighted by molar-refractivity contribution is 5.48. The fourth-order valence-electron chi connectivity index (χ4n) is 2.91. The Bertz CT molecular complexity index is 740. The van der Waals surface area contributed by atoms with Gasteiger partial charge in [-0.3, -0.25) is 0 Å². The molecule has 24 heavy (non-hydrogen) atoms. The predicted molar refractivity (Wildman–Crippen MR) is 89.0 cm³/mol. The average Bonchev–Trinajstić information content (AvgIpc) is 2.96. The number of hydrogen-bond acceptors (Lipinski definition) is 6. The van der Waals surface area contributed by atoms with Gasteiger partial charge in [-0.15, -0.1) is 0 Å². The molecule has 1 aliphatic rings. The number of benzene rings is 1. The first-order valence-corrected chi connectivity index (χ1v) is 8.05. The SMILES string of the molecule is Cc1ccccc1OCc1nc(C#N)c(N2C[C@@H](C)O[C@@H](C)C2)o1. The Morgan fingerprint density at radius 3 is 2.67 bits per heavy atom. The third-order valence-corrected chi connectivity index (χ3v) is 3.91. The van der Waals surface area contributed by atoms with Gasteiger partial charge >= 0.3 is 0 Å². The van der Waals surface area contributed by atoms with Crippen LogP contribution in [-0.4, -0.2) is 30.3 Å². The normalized spacial score (nSPS) is 20.7. The van der Waals surface area contributed by atoms with Crippen molar-refractivity contribution in [2.24, 2.45) is 0 Å². The highest BCUT2D eigenvalue weighted by Gasteiger charge is 2.28. The number of para-hydroxylation sites is 1. The Hall–Kier alpha value is -2.52. The molecule has 0 N–H and O–H groups in total. The van der Waals surface area contributed by atoms with Gasteiger partial charge in [0.25, 0.3) is 0 Å². The Morgan fingerprint density at radius 1 is 1.29 bits per heavy atom. The molecule has 0 spiro atoms. The molecular weight excluding hydrogens is 306 g/mol. The maximum absolute atomic E-state index is 9.35. The van der Waals surface area contributed by atoms with Crippen LogP contribution in [0.1, 0.15) is 31.0 Å². The van der Waals surface area contributed by atoms with E-state index in [2.05, 4.69) is 11.1 Å². The van der Waals surface area contributed by atoms with Crippen LogP contribution in [0.3, 0.4) is 0 Å². The van der Waals surface area contributed by atoms with E-state index in [1.807, 2.05) is 49.9 Å². The van der Waals surface area contributed by atoms with E-state index < -0.39 is 0 Å². The number of ether oxygens (including phenoxy) is 2. The molecule has 6 nitrogen and oxygen atoms in total. The summed E-state index contributed by atoms with van der Waals surface area (Å²) in [5.74, 6) is 1.68. The summed E-state index contributed by atoms with van der Waals surface area (Å²) in [7, 11) is 0. The van der Waals surface area contributed by atoms with Crippen LogP contribution in [0.4, 0.5) is 5.88 Å². The van der Waals surface area contributed by atoms with Gasteiger partial charge in [0.2, 0.25) is 17.5 Å². The summed E-state index contributed by atoms with van der Waals surface area (Å²) in [6, 6.07) is 9.86. The van der Waals surface area contributed by atoms with Crippen molar-refractivity contribution in [2.45, 2.75) is 39.6 Å². The molecule has 1 aliphatic heterocycles.